The SMILES string of the molecule is CCCn1c(CSc2nnnn2-c2cc(C)ccc2C)nc2cc(S(=O)(=O)N(C)C)ccc21. The second kappa shape index (κ2) is 9.24. The van der Waals surface area contributed by atoms with Gasteiger partial charge in [0.05, 0.1) is 27.4 Å². The Morgan fingerprint density at radius 3 is 2.61 bits per heavy atom. The number of thioether (sulfide) groups is 1. The minimum Gasteiger partial charge on any atom is -0.327 e. The van der Waals surface area contributed by atoms with E-state index in [4.69, 9.17) is 4.98 Å². The molecule has 0 radical (unpaired) electrons. The second-order valence-electron chi connectivity index (χ2n) is 8.07. The molecule has 0 bridgehead atoms. The van der Waals surface area contributed by atoms with Gasteiger partial charge in [-0.25, -0.2) is 17.7 Å². The summed E-state index contributed by atoms with van der Waals surface area (Å²) in [7, 11) is -0.476. The smallest absolute Gasteiger partial charge is 0.242 e. The van der Waals surface area contributed by atoms with Crippen molar-refractivity contribution < 1.29 is 8.42 Å². The number of nitrogens with zero attached hydrogens (tertiary/aromatic N) is 7. The molecule has 0 aliphatic heterocycles. The first kappa shape index (κ1) is 23.4. The monoisotopic (exact) mass is 485 g/mol. The molecule has 0 saturated heterocycles. The van der Waals surface area contributed by atoms with Crippen LogP contribution in [0.15, 0.2) is 46.5 Å². The predicted molar refractivity (Wildman–Crippen MR) is 129 cm³/mol. The maximum atomic E-state index is 12.6. The van der Waals surface area contributed by atoms with Crippen molar-refractivity contribution in [2.24, 2.45) is 0 Å². The van der Waals surface area contributed by atoms with Crippen molar-refractivity contribution in [1.82, 2.24) is 34.1 Å². The number of aromatic nitrogens is 6. The Morgan fingerprint density at radius 2 is 1.88 bits per heavy atom. The lowest BCUT2D eigenvalue weighted by molar-refractivity contribution is 0.521. The van der Waals surface area contributed by atoms with Crippen LogP contribution >= 0.6 is 11.8 Å². The fraction of sp³-hybridized carbons (Fsp3) is 0.364. The molecular formula is C22H27N7O2S2. The molecule has 4 rings (SSSR count). The van der Waals surface area contributed by atoms with E-state index >= 15 is 0 Å². The van der Waals surface area contributed by atoms with E-state index in [9.17, 15) is 8.42 Å². The Hall–Kier alpha value is -2.76. The van der Waals surface area contributed by atoms with Gasteiger partial charge >= 0.3 is 0 Å². The summed E-state index contributed by atoms with van der Waals surface area (Å²) in [6, 6.07) is 11.3. The van der Waals surface area contributed by atoms with E-state index in [1.54, 1.807) is 16.8 Å². The van der Waals surface area contributed by atoms with Crippen molar-refractivity contribution >= 4 is 32.8 Å². The lowest BCUT2D eigenvalue weighted by Gasteiger charge is -2.11. The summed E-state index contributed by atoms with van der Waals surface area (Å²) in [4.78, 5) is 5.02. The maximum Gasteiger partial charge on any atom is 0.242 e. The molecule has 174 valence electrons. The normalized spacial score (nSPS) is 12.2. The summed E-state index contributed by atoms with van der Waals surface area (Å²) in [5, 5.41) is 13.0. The highest BCUT2D eigenvalue weighted by Crippen LogP contribution is 2.28. The zero-order valence-corrected chi connectivity index (χ0v) is 21.0. The van der Waals surface area contributed by atoms with Crippen LogP contribution in [0, 0.1) is 13.8 Å². The van der Waals surface area contributed by atoms with Crippen LogP contribution < -0.4 is 0 Å². The van der Waals surface area contributed by atoms with Gasteiger partial charge in [0, 0.05) is 20.6 Å². The van der Waals surface area contributed by atoms with Gasteiger partial charge in [-0.1, -0.05) is 30.8 Å². The lowest BCUT2D eigenvalue weighted by atomic mass is 10.1. The number of imidazole rings is 1. The fourth-order valence-electron chi connectivity index (χ4n) is 3.61. The van der Waals surface area contributed by atoms with E-state index in [0.717, 1.165) is 41.1 Å². The summed E-state index contributed by atoms with van der Waals surface area (Å²) in [5.41, 5.74) is 4.75. The average molecular weight is 486 g/mol. The zero-order chi connectivity index (χ0) is 23.8. The predicted octanol–water partition coefficient (Wildman–Crippen LogP) is 3.58. The maximum absolute atomic E-state index is 12.6. The van der Waals surface area contributed by atoms with Crippen LogP contribution in [0.4, 0.5) is 0 Å². The highest BCUT2D eigenvalue weighted by molar-refractivity contribution is 7.98. The average Bonchev–Trinajstić information content (AvgIpc) is 3.38. The van der Waals surface area contributed by atoms with Gasteiger partial charge < -0.3 is 4.57 Å². The molecule has 11 heteroatoms. The van der Waals surface area contributed by atoms with E-state index in [1.165, 1.54) is 30.2 Å². The Morgan fingerprint density at radius 1 is 1.09 bits per heavy atom. The van der Waals surface area contributed by atoms with Crippen molar-refractivity contribution in [2.75, 3.05) is 14.1 Å². The second-order valence-corrected chi connectivity index (χ2v) is 11.2. The number of aryl methyl sites for hydroxylation is 3. The molecule has 33 heavy (non-hydrogen) atoms. The van der Waals surface area contributed by atoms with Gasteiger partial charge in [0.25, 0.3) is 0 Å². The molecular weight excluding hydrogens is 458 g/mol. The van der Waals surface area contributed by atoms with E-state index in [-0.39, 0.29) is 4.90 Å². The van der Waals surface area contributed by atoms with E-state index in [2.05, 4.69) is 45.2 Å². The summed E-state index contributed by atoms with van der Waals surface area (Å²) in [6.45, 7) is 6.96. The van der Waals surface area contributed by atoms with Crippen molar-refractivity contribution in [3.8, 4) is 5.69 Å². The van der Waals surface area contributed by atoms with Gasteiger partial charge in [-0.2, -0.15) is 4.68 Å². The van der Waals surface area contributed by atoms with Crippen molar-refractivity contribution in [3.63, 3.8) is 0 Å². The van der Waals surface area contributed by atoms with E-state index in [0.29, 0.717) is 16.4 Å². The quantitative estimate of drug-likeness (QED) is 0.352. The topological polar surface area (TPSA) is 98.8 Å². The molecule has 0 spiro atoms. The number of fused-ring (bicyclic) bond motifs is 1. The van der Waals surface area contributed by atoms with Gasteiger partial charge in [-0.05, 0) is 66.1 Å². The minimum atomic E-state index is -3.53. The molecule has 2 aromatic heterocycles. The molecule has 0 atom stereocenters. The van der Waals surface area contributed by atoms with Crippen LogP contribution in [0.2, 0.25) is 0 Å². The number of benzene rings is 2. The molecule has 0 amide bonds. The third-order valence-electron chi connectivity index (χ3n) is 5.39. The molecule has 2 heterocycles. The van der Waals surface area contributed by atoms with Crippen molar-refractivity contribution in [2.45, 2.75) is 49.5 Å². The summed E-state index contributed by atoms with van der Waals surface area (Å²) in [6.07, 6.45) is 0.932. The van der Waals surface area contributed by atoms with Gasteiger partial charge in [-0.15, -0.1) is 5.10 Å². The molecule has 0 aliphatic rings. The molecule has 4 aromatic rings. The van der Waals surface area contributed by atoms with Crippen molar-refractivity contribution in [1.29, 1.82) is 0 Å². The molecule has 0 unspecified atom stereocenters. The molecule has 0 fully saturated rings. The molecule has 9 nitrogen and oxygen atoms in total. The highest BCUT2D eigenvalue weighted by Gasteiger charge is 2.20. The number of hydrogen-bond donors (Lipinski definition) is 0. The minimum absolute atomic E-state index is 0.235. The number of tetrazole rings is 1. The fourth-order valence-corrected chi connectivity index (χ4v) is 5.36. The number of rotatable bonds is 8. The van der Waals surface area contributed by atoms with Gasteiger partial charge in [0.2, 0.25) is 15.2 Å². The number of hydrogen-bond acceptors (Lipinski definition) is 7. The van der Waals surface area contributed by atoms with Crippen LogP contribution in [-0.4, -0.2) is 56.6 Å². The molecule has 0 saturated carbocycles. The van der Waals surface area contributed by atoms with E-state index < -0.39 is 10.0 Å². The number of sulfonamides is 1. The Kier molecular flexibility index (Phi) is 6.55. The first-order valence-corrected chi connectivity index (χ1v) is 13.1. The van der Waals surface area contributed by atoms with Crippen LogP contribution in [0.5, 0.6) is 0 Å². The van der Waals surface area contributed by atoms with E-state index in [1.807, 2.05) is 19.9 Å². The van der Waals surface area contributed by atoms with Crippen LogP contribution in [0.3, 0.4) is 0 Å². The molecule has 0 N–H and O–H groups in total. The van der Waals surface area contributed by atoms with Crippen LogP contribution in [-0.2, 0) is 22.3 Å². The first-order valence-electron chi connectivity index (χ1n) is 10.6. The first-order chi connectivity index (χ1) is 15.7. The summed E-state index contributed by atoms with van der Waals surface area (Å²) >= 11 is 1.50. The summed E-state index contributed by atoms with van der Waals surface area (Å²) in [5.74, 6) is 1.40. The standard InChI is InChI=1S/C22H27N7O2S2/c1-6-11-28-19-10-9-17(33(30,31)27(4)5)13-18(19)23-21(28)14-32-22-24-25-26-29(22)20-12-15(2)7-8-16(20)3/h7-10,12-13H,6,11,14H2,1-5H3. The third kappa shape index (κ3) is 4.53. The largest absolute Gasteiger partial charge is 0.327 e. The Bertz CT molecular complexity index is 1410. The summed E-state index contributed by atoms with van der Waals surface area (Å²) < 4.78 is 30.2. The Labute approximate surface area is 197 Å². The third-order valence-corrected chi connectivity index (χ3v) is 8.12. The van der Waals surface area contributed by atoms with Crippen LogP contribution in [0.25, 0.3) is 16.7 Å². The Balaban J connectivity index is 1.68. The highest BCUT2D eigenvalue weighted by atomic mass is 32.2. The van der Waals surface area contributed by atoms with Gasteiger partial charge in [-0.3, -0.25) is 0 Å². The van der Waals surface area contributed by atoms with Gasteiger partial charge in [0.1, 0.15) is 5.82 Å². The molecule has 2 aromatic carbocycles. The lowest BCUT2D eigenvalue weighted by Crippen LogP contribution is -2.22. The van der Waals surface area contributed by atoms with Crippen LogP contribution in [0.1, 0.15) is 30.3 Å². The van der Waals surface area contributed by atoms with Gasteiger partial charge in [0.15, 0.2) is 0 Å². The van der Waals surface area contributed by atoms with Crippen molar-refractivity contribution in [3.05, 3.63) is 53.3 Å². The molecule has 0 aliphatic carbocycles. The zero-order valence-electron chi connectivity index (χ0n) is 19.3.